The van der Waals surface area contributed by atoms with Crippen molar-refractivity contribution in [2.24, 2.45) is 0 Å². The van der Waals surface area contributed by atoms with Gasteiger partial charge < -0.3 is 29.2 Å². The zero-order valence-electron chi connectivity index (χ0n) is 22.0. The molecule has 40 heavy (non-hydrogen) atoms. The molecule has 4 atom stereocenters. The minimum atomic E-state index is -1.31. The number of aromatic amines is 1. The Labute approximate surface area is 236 Å². The zero-order chi connectivity index (χ0) is 28.3. The Morgan fingerprint density at radius 1 is 0.850 bits per heavy atom. The highest BCUT2D eigenvalue weighted by Gasteiger charge is 2.46. The van der Waals surface area contributed by atoms with Crippen LogP contribution in [0.2, 0.25) is 0 Å². The number of nitrogens with zero attached hydrogens (tertiary/aromatic N) is 1. The van der Waals surface area contributed by atoms with Crippen molar-refractivity contribution in [3.05, 3.63) is 123 Å². The summed E-state index contributed by atoms with van der Waals surface area (Å²) in [5.41, 5.74) is 0.980. The molecule has 208 valence electrons. The molecule has 0 amide bonds. The number of H-pyrrole nitrogens is 1. The molecule has 0 aliphatic carbocycles. The van der Waals surface area contributed by atoms with Crippen LogP contribution in [0.15, 0.2) is 95.9 Å². The van der Waals surface area contributed by atoms with E-state index < -0.39 is 30.1 Å². The van der Waals surface area contributed by atoms with Gasteiger partial charge >= 0.3 is 0 Å². The third-order valence-corrected chi connectivity index (χ3v) is 7.41. The molecule has 4 aromatic rings. The van der Waals surface area contributed by atoms with Crippen molar-refractivity contribution in [3.8, 4) is 11.5 Å². The van der Waals surface area contributed by atoms with Gasteiger partial charge in [-0.2, -0.15) is 0 Å². The second-order valence-corrected chi connectivity index (χ2v) is 9.77. The predicted octanol–water partition coefficient (Wildman–Crippen LogP) is 3.55. The minimum absolute atomic E-state index is 0.0698. The molecule has 5 rings (SSSR count). The van der Waals surface area contributed by atoms with E-state index in [9.17, 15) is 15.0 Å². The SMILES string of the molecule is COc1ccc(C(OC[C@@H]2O[C@H](n3ccc(=O)[nH]c3=S)[C@@H](O)[C@H]2O)(c2ccccc2)c2ccc(OC)cc2)cc1. The maximum atomic E-state index is 11.6. The molecule has 1 aromatic heterocycles. The van der Waals surface area contributed by atoms with E-state index in [2.05, 4.69) is 4.98 Å². The summed E-state index contributed by atoms with van der Waals surface area (Å²) < 4.78 is 25.1. The van der Waals surface area contributed by atoms with Gasteiger partial charge in [0.1, 0.15) is 35.4 Å². The van der Waals surface area contributed by atoms with Crippen molar-refractivity contribution in [1.29, 1.82) is 0 Å². The third-order valence-electron chi connectivity index (χ3n) is 7.10. The van der Waals surface area contributed by atoms with E-state index in [1.54, 1.807) is 14.2 Å². The number of hydrogen-bond donors (Lipinski definition) is 3. The van der Waals surface area contributed by atoms with Crippen LogP contribution in [-0.2, 0) is 15.1 Å². The second-order valence-electron chi connectivity index (χ2n) is 9.38. The van der Waals surface area contributed by atoms with E-state index >= 15 is 0 Å². The summed E-state index contributed by atoms with van der Waals surface area (Å²) >= 11 is 5.25. The Morgan fingerprint density at radius 3 is 1.93 bits per heavy atom. The normalized spacial score (nSPS) is 20.8. The van der Waals surface area contributed by atoms with Gasteiger partial charge in [-0.1, -0.05) is 54.6 Å². The van der Waals surface area contributed by atoms with Gasteiger partial charge in [0.25, 0.3) is 5.56 Å². The summed E-state index contributed by atoms with van der Waals surface area (Å²) in [6, 6.07) is 26.2. The molecular weight excluding hydrogens is 532 g/mol. The fraction of sp³-hybridized carbons (Fsp3) is 0.267. The molecule has 0 radical (unpaired) electrons. The fourth-order valence-corrected chi connectivity index (χ4v) is 5.27. The van der Waals surface area contributed by atoms with E-state index in [1.165, 1.54) is 16.8 Å². The molecule has 0 saturated carbocycles. The van der Waals surface area contributed by atoms with Crippen LogP contribution < -0.4 is 15.0 Å². The largest absolute Gasteiger partial charge is 0.497 e. The summed E-state index contributed by atoms with van der Waals surface area (Å²) in [7, 11) is 3.21. The summed E-state index contributed by atoms with van der Waals surface area (Å²) in [5.74, 6) is 1.39. The highest BCUT2D eigenvalue weighted by atomic mass is 32.1. The van der Waals surface area contributed by atoms with Crippen LogP contribution in [0.25, 0.3) is 0 Å². The van der Waals surface area contributed by atoms with Crippen molar-refractivity contribution in [2.75, 3.05) is 20.8 Å². The minimum Gasteiger partial charge on any atom is -0.497 e. The number of aromatic nitrogens is 2. The standard InChI is InChI=1S/C30H30N2O7S/c1-36-22-12-8-20(9-13-22)30(19-6-4-3-5-7-19,21-10-14-23(37-2)15-11-21)38-18-24-26(34)27(35)28(39-24)32-17-16-25(33)31-29(32)40/h3-17,24,26-28,34-35H,18H2,1-2H3,(H,31,33,40)/t24-,26-,27-,28-/m0/s1. The first-order valence-corrected chi connectivity index (χ1v) is 13.1. The number of aliphatic hydroxyl groups is 2. The Kier molecular flexibility index (Phi) is 8.15. The number of nitrogens with one attached hydrogen (secondary N) is 1. The molecule has 9 nitrogen and oxygen atoms in total. The van der Waals surface area contributed by atoms with E-state index in [1.807, 2.05) is 78.9 Å². The molecule has 0 bridgehead atoms. The van der Waals surface area contributed by atoms with Crippen LogP contribution in [0.5, 0.6) is 11.5 Å². The first-order valence-electron chi connectivity index (χ1n) is 12.7. The monoisotopic (exact) mass is 562 g/mol. The molecule has 2 heterocycles. The molecule has 0 unspecified atom stereocenters. The van der Waals surface area contributed by atoms with Gasteiger partial charge in [-0.15, -0.1) is 0 Å². The van der Waals surface area contributed by atoms with Gasteiger partial charge in [0.15, 0.2) is 11.0 Å². The highest BCUT2D eigenvalue weighted by Crippen LogP contribution is 2.42. The Balaban J connectivity index is 1.56. The molecule has 1 fully saturated rings. The molecule has 3 N–H and O–H groups in total. The zero-order valence-corrected chi connectivity index (χ0v) is 22.8. The van der Waals surface area contributed by atoms with Crippen LogP contribution in [0.4, 0.5) is 0 Å². The van der Waals surface area contributed by atoms with E-state index in [4.69, 9.17) is 31.2 Å². The number of aliphatic hydroxyl groups excluding tert-OH is 2. The topological polar surface area (TPSA) is 115 Å². The maximum Gasteiger partial charge on any atom is 0.251 e. The lowest BCUT2D eigenvalue weighted by molar-refractivity contribution is -0.0955. The van der Waals surface area contributed by atoms with Gasteiger partial charge in [-0.3, -0.25) is 14.3 Å². The van der Waals surface area contributed by atoms with Gasteiger partial charge in [0.2, 0.25) is 0 Å². The van der Waals surface area contributed by atoms with E-state index in [0.29, 0.717) is 11.5 Å². The van der Waals surface area contributed by atoms with Gasteiger partial charge in [-0.25, -0.2) is 0 Å². The van der Waals surface area contributed by atoms with Crippen LogP contribution in [0.1, 0.15) is 22.9 Å². The van der Waals surface area contributed by atoms with Gasteiger partial charge in [0, 0.05) is 12.3 Å². The molecule has 1 aliphatic rings. The van der Waals surface area contributed by atoms with Crippen LogP contribution in [0, 0.1) is 4.77 Å². The molecule has 10 heteroatoms. The average molecular weight is 563 g/mol. The van der Waals surface area contributed by atoms with Crippen molar-refractivity contribution < 1.29 is 29.2 Å². The molecule has 3 aromatic carbocycles. The lowest BCUT2D eigenvalue weighted by atomic mass is 9.80. The third kappa shape index (κ3) is 5.19. The number of rotatable bonds is 9. The van der Waals surface area contributed by atoms with E-state index in [-0.39, 0.29) is 16.9 Å². The summed E-state index contributed by atoms with van der Waals surface area (Å²) in [4.78, 5) is 14.1. The average Bonchev–Trinajstić information content (AvgIpc) is 3.27. The quantitative estimate of drug-likeness (QED) is 0.210. The van der Waals surface area contributed by atoms with Gasteiger partial charge in [0.05, 0.1) is 20.8 Å². The number of benzene rings is 3. The molecule has 0 spiro atoms. The van der Waals surface area contributed by atoms with Crippen molar-refractivity contribution in [2.45, 2.75) is 30.1 Å². The molecular formula is C30H30N2O7S. The maximum absolute atomic E-state index is 11.6. The summed E-state index contributed by atoms with van der Waals surface area (Å²) in [6.07, 6.45) is -3.08. The first kappa shape index (κ1) is 27.8. The number of hydrogen-bond acceptors (Lipinski definition) is 8. The van der Waals surface area contributed by atoms with Crippen LogP contribution >= 0.6 is 12.2 Å². The molecule has 1 aliphatic heterocycles. The molecule has 1 saturated heterocycles. The van der Waals surface area contributed by atoms with E-state index in [0.717, 1.165) is 16.7 Å². The summed E-state index contributed by atoms with van der Waals surface area (Å²) in [6.45, 7) is -0.0850. The number of ether oxygens (including phenoxy) is 4. The summed E-state index contributed by atoms with van der Waals surface area (Å²) in [5, 5.41) is 21.8. The van der Waals surface area contributed by atoms with Crippen LogP contribution in [0.3, 0.4) is 0 Å². The van der Waals surface area contributed by atoms with Gasteiger partial charge in [-0.05, 0) is 53.2 Å². The smallest absolute Gasteiger partial charge is 0.251 e. The first-order chi connectivity index (χ1) is 19.4. The van der Waals surface area contributed by atoms with Crippen LogP contribution in [-0.4, -0.2) is 58.9 Å². The lowest BCUT2D eigenvalue weighted by Crippen LogP contribution is -2.39. The second kappa shape index (κ2) is 11.7. The Morgan fingerprint density at radius 2 is 1.40 bits per heavy atom. The Bertz CT molecular complexity index is 1490. The predicted molar refractivity (Wildman–Crippen MR) is 150 cm³/mol. The highest BCUT2D eigenvalue weighted by molar-refractivity contribution is 7.71. The van der Waals surface area contributed by atoms with Crippen molar-refractivity contribution in [1.82, 2.24) is 9.55 Å². The Hall–Kier alpha value is -3.80. The lowest BCUT2D eigenvalue weighted by Gasteiger charge is -2.37. The number of methoxy groups -OCH3 is 2. The van der Waals surface area contributed by atoms with Crippen molar-refractivity contribution in [3.63, 3.8) is 0 Å². The fourth-order valence-electron chi connectivity index (χ4n) is 5.01. The van der Waals surface area contributed by atoms with Crippen molar-refractivity contribution >= 4 is 12.2 Å².